The maximum Gasteiger partial charge on any atom is 0.261 e. The molecule has 8 nitrogen and oxygen atoms in total. The van der Waals surface area contributed by atoms with Crippen LogP contribution in [0.15, 0.2) is 108 Å². The van der Waals surface area contributed by atoms with Gasteiger partial charge in [-0.15, -0.1) is 0 Å². The zero-order valence-corrected chi connectivity index (χ0v) is 34.5. The number of nitrogens with one attached hydrogen (secondary N) is 2. The lowest BCUT2D eigenvalue weighted by Gasteiger charge is -2.15. The van der Waals surface area contributed by atoms with E-state index < -0.39 is 31.7 Å². The Bertz CT molecular complexity index is 2070. The van der Waals surface area contributed by atoms with Crippen LogP contribution in [0.25, 0.3) is 11.1 Å². The van der Waals surface area contributed by atoms with Gasteiger partial charge in [0, 0.05) is 35.6 Å². The molecule has 2 aliphatic heterocycles. The van der Waals surface area contributed by atoms with E-state index in [1.54, 1.807) is 38.1 Å². The molecule has 6 rings (SSSR count). The van der Waals surface area contributed by atoms with E-state index in [0.29, 0.717) is 45.5 Å². The Morgan fingerprint density at radius 2 is 0.982 bits per heavy atom. The van der Waals surface area contributed by atoms with E-state index in [-0.39, 0.29) is 9.79 Å². The SMILES string of the molecule is C=C(C)c1ccc(S(=O)(=O)Nc2ccc([C@@H]3CCN(CCC)C3)cc2)cc1F.C=C(C)c1ccc(S(=O)(=O)Nc2ccc([C@@H]3CCN(CCC)C3)cc2)cc1F. The van der Waals surface area contributed by atoms with Gasteiger partial charge in [0.05, 0.1) is 9.79 Å². The fraction of sp³-hybridized carbons (Fsp3) is 0.364. The van der Waals surface area contributed by atoms with Gasteiger partial charge in [0.2, 0.25) is 0 Å². The summed E-state index contributed by atoms with van der Waals surface area (Å²) < 4.78 is 83.6. The number of hydrogen-bond donors (Lipinski definition) is 2. The molecule has 2 heterocycles. The number of hydrogen-bond acceptors (Lipinski definition) is 6. The van der Waals surface area contributed by atoms with E-state index in [9.17, 15) is 25.6 Å². The number of anilines is 2. The van der Waals surface area contributed by atoms with Crippen LogP contribution >= 0.6 is 0 Å². The molecular formula is C44H54F2N4O4S2. The Morgan fingerprint density at radius 3 is 1.29 bits per heavy atom. The molecule has 4 aromatic rings. The molecule has 2 saturated heterocycles. The van der Waals surface area contributed by atoms with Gasteiger partial charge in [-0.25, -0.2) is 25.6 Å². The molecule has 0 aliphatic carbocycles. The third-order valence-electron chi connectivity index (χ3n) is 10.3. The number of benzene rings is 4. The van der Waals surface area contributed by atoms with Crippen molar-refractivity contribution in [3.63, 3.8) is 0 Å². The standard InChI is InChI=1S/2C22H27FN2O2S/c2*1-4-12-25-13-11-18(15-25)17-5-7-19(8-6-17)24-28(26,27)20-9-10-21(16(2)3)22(23)14-20/h2*5-10,14,18,24H,2,4,11-13,15H2,1,3H3/t2*18-/m11/s1. The minimum absolute atomic E-state index is 0.106. The largest absolute Gasteiger partial charge is 0.303 e. The van der Waals surface area contributed by atoms with E-state index in [1.165, 1.54) is 35.4 Å². The number of likely N-dealkylation sites (tertiary alicyclic amines) is 2. The predicted octanol–water partition coefficient (Wildman–Crippen LogP) is 9.72. The second kappa shape index (κ2) is 18.7. The quantitative estimate of drug-likeness (QED) is 0.132. The van der Waals surface area contributed by atoms with Gasteiger partial charge in [0.15, 0.2) is 0 Å². The van der Waals surface area contributed by atoms with E-state index in [1.807, 2.05) is 24.3 Å². The van der Waals surface area contributed by atoms with Crippen LogP contribution in [-0.4, -0.2) is 65.9 Å². The molecule has 2 N–H and O–H groups in total. The van der Waals surface area contributed by atoms with Crippen molar-refractivity contribution in [3.8, 4) is 0 Å². The summed E-state index contributed by atoms with van der Waals surface area (Å²) in [5.41, 5.74) is 5.11. The third-order valence-corrected chi connectivity index (χ3v) is 13.1. The van der Waals surface area contributed by atoms with Crippen LogP contribution in [0.4, 0.5) is 20.2 Å². The highest BCUT2D eigenvalue weighted by Crippen LogP contribution is 2.31. The Balaban J connectivity index is 0.000000214. The summed E-state index contributed by atoms with van der Waals surface area (Å²) in [6.07, 6.45) is 4.56. The van der Waals surface area contributed by atoms with Crippen LogP contribution in [0, 0.1) is 11.6 Å². The third kappa shape index (κ3) is 10.9. The first-order valence-corrected chi connectivity index (χ1v) is 22.2. The topological polar surface area (TPSA) is 98.8 Å². The Morgan fingerprint density at radius 1 is 0.625 bits per heavy atom. The van der Waals surface area contributed by atoms with Crippen LogP contribution in [-0.2, 0) is 20.0 Å². The number of allylic oxidation sites excluding steroid dienone is 2. The molecule has 56 heavy (non-hydrogen) atoms. The molecule has 0 unspecified atom stereocenters. The molecule has 0 amide bonds. The lowest BCUT2D eigenvalue weighted by molar-refractivity contribution is 0.335. The van der Waals surface area contributed by atoms with Gasteiger partial charge in [-0.05, 0) is 148 Å². The predicted molar refractivity (Wildman–Crippen MR) is 225 cm³/mol. The first-order chi connectivity index (χ1) is 26.6. The summed E-state index contributed by atoms with van der Waals surface area (Å²) >= 11 is 0. The number of sulfonamides is 2. The number of rotatable bonds is 14. The second-order valence-corrected chi connectivity index (χ2v) is 18.2. The van der Waals surface area contributed by atoms with Crippen LogP contribution in [0.3, 0.4) is 0 Å². The van der Waals surface area contributed by atoms with Crippen LogP contribution in [0.5, 0.6) is 0 Å². The van der Waals surface area contributed by atoms with Crippen molar-refractivity contribution in [1.82, 2.24) is 9.80 Å². The molecule has 0 saturated carbocycles. The van der Waals surface area contributed by atoms with E-state index in [4.69, 9.17) is 0 Å². The van der Waals surface area contributed by atoms with Gasteiger partial charge in [-0.3, -0.25) is 9.44 Å². The summed E-state index contributed by atoms with van der Waals surface area (Å²) in [6.45, 7) is 21.7. The Labute approximate surface area is 332 Å². The van der Waals surface area contributed by atoms with Gasteiger partial charge in [0.25, 0.3) is 20.0 Å². The van der Waals surface area contributed by atoms with Crippen LogP contribution in [0.1, 0.15) is 87.5 Å². The molecular weight excluding hydrogens is 751 g/mol. The van der Waals surface area contributed by atoms with Gasteiger partial charge >= 0.3 is 0 Å². The Kier molecular flexibility index (Phi) is 14.3. The number of halogens is 2. The average molecular weight is 805 g/mol. The highest BCUT2D eigenvalue weighted by molar-refractivity contribution is 7.93. The lowest BCUT2D eigenvalue weighted by atomic mass is 9.98. The van der Waals surface area contributed by atoms with Crippen LogP contribution < -0.4 is 9.44 Å². The summed E-state index contributed by atoms with van der Waals surface area (Å²) in [5, 5.41) is 0. The fourth-order valence-electron chi connectivity index (χ4n) is 7.34. The molecule has 12 heteroatoms. The van der Waals surface area contributed by atoms with Crippen molar-refractivity contribution in [3.05, 3.63) is 132 Å². The summed E-state index contributed by atoms with van der Waals surface area (Å²) in [7, 11) is -7.71. The second-order valence-electron chi connectivity index (χ2n) is 14.9. The zero-order valence-electron chi connectivity index (χ0n) is 32.8. The summed E-state index contributed by atoms with van der Waals surface area (Å²) in [6, 6.07) is 22.7. The molecule has 2 atom stereocenters. The maximum atomic E-state index is 14.1. The maximum absolute atomic E-state index is 14.1. The number of nitrogens with zero attached hydrogens (tertiary/aromatic N) is 2. The lowest BCUT2D eigenvalue weighted by Crippen LogP contribution is -2.20. The Hall–Kier alpha value is -4.36. The highest BCUT2D eigenvalue weighted by atomic mass is 32.2. The molecule has 2 fully saturated rings. The highest BCUT2D eigenvalue weighted by Gasteiger charge is 2.25. The van der Waals surface area contributed by atoms with Gasteiger partial charge in [-0.1, -0.05) is 63.4 Å². The van der Waals surface area contributed by atoms with Gasteiger partial charge < -0.3 is 9.80 Å². The minimum Gasteiger partial charge on any atom is -0.303 e. The van der Waals surface area contributed by atoms with Crippen molar-refractivity contribution in [2.24, 2.45) is 0 Å². The molecule has 0 aromatic heterocycles. The average Bonchev–Trinajstić information content (AvgIpc) is 3.82. The molecule has 0 bridgehead atoms. The van der Waals surface area contributed by atoms with E-state index in [2.05, 4.69) is 46.2 Å². The molecule has 2 aliphatic rings. The summed E-state index contributed by atoms with van der Waals surface area (Å²) in [5.74, 6) is -0.214. The molecule has 0 spiro atoms. The van der Waals surface area contributed by atoms with Crippen LogP contribution in [0.2, 0.25) is 0 Å². The monoisotopic (exact) mass is 804 g/mol. The van der Waals surface area contributed by atoms with Crippen molar-refractivity contribution in [2.45, 2.75) is 75.0 Å². The van der Waals surface area contributed by atoms with Crippen molar-refractivity contribution in [2.75, 3.05) is 48.7 Å². The normalized spacial score (nSPS) is 17.6. The van der Waals surface area contributed by atoms with E-state index >= 15 is 0 Å². The molecule has 0 radical (unpaired) electrons. The first kappa shape index (κ1) is 42.8. The van der Waals surface area contributed by atoms with Crippen molar-refractivity contribution < 1.29 is 25.6 Å². The molecule has 4 aromatic carbocycles. The molecule has 300 valence electrons. The van der Waals surface area contributed by atoms with Gasteiger partial charge in [0.1, 0.15) is 11.6 Å². The van der Waals surface area contributed by atoms with Crippen molar-refractivity contribution in [1.29, 1.82) is 0 Å². The smallest absolute Gasteiger partial charge is 0.261 e. The van der Waals surface area contributed by atoms with E-state index in [0.717, 1.165) is 77.1 Å². The fourth-order valence-corrected chi connectivity index (χ4v) is 9.48. The summed E-state index contributed by atoms with van der Waals surface area (Å²) in [4.78, 5) is 4.71. The van der Waals surface area contributed by atoms with Crippen molar-refractivity contribution >= 4 is 42.6 Å². The zero-order chi connectivity index (χ0) is 40.6. The van der Waals surface area contributed by atoms with Gasteiger partial charge in [-0.2, -0.15) is 0 Å². The first-order valence-electron chi connectivity index (χ1n) is 19.2. The minimum atomic E-state index is -3.85.